The highest BCUT2D eigenvalue weighted by Crippen LogP contribution is 2.27. The summed E-state index contributed by atoms with van der Waals surface area (Å²) in [6.45, 7) is 1.21. The summed E-state index contributed by atoms with van der Waals surface area (Å²) in [5.41, 5.74) is 2.15. The average molecular weight is 368 g/mol. The third-order valence-electron chi connectivity index (χ3n) is 5.23. The number of halogens is 1. The van der Waals surface area contributed by atoms with Gasteiger partial charge in [0.25, 0.3) is 0 Å². The van der Waals surface area contributed by atoms with E-state index in [2.05, 4.69) is 0 Å². The summed E-state index contributed by atoms with van der Waals surface area (Å²) < 4.78 is 19.8. The van der Waals surface area contributed by atoms with Crippen LogP contribution in [0.15, 0.2) is 57.7 Å². The monoisotopic (exact) mass is 368 g/mol. The first-order chi connectivity index (χ1) is 13.1. The van der Waals surface area contributed by atoms with Gasteiger partial charge in [0.2, 0.25) is 5.91 Å². The molecule has 1 atom stereocenters. The summed E-state index contributed by atoms with van der Waals surface area (Å²) in [6, 6.07) is 13.6. The maximum absolute atomic E-state index is 13.2. The van der Waals surface area contributed by atoms with Gasteiger partial charge in [0.15, 0.2) is 5.58 Å². The van der Waals surface area contributed by atoms with Crippen molar-refractivity contribution in [2.75, 3.05) is 13.1 Å². The van der Waals surface area contributed by atoms with Crippen molar-refractivity contribution in [3.8, 4) is 0 Å². The molecule has 1 aromatic heterocycles. The molecule has 140 valence electrons. The third kappa shape index (κ3) is 3.65. The van der Waals surface area contributed by atoms with E-state index in [9.17, 15) is 14.0 Å². The molecule has 1 saturated heterocycles. The molecule has 0 N–H and O–H groups in total. The van der Waals surface area contributed by atoms with Crippen LogP contribution in [0.25, 0.3) is 11.1 Å². The smallest absolute Gasteiger partial charge is 0.408 e. The van der Waals surface area contributed by atoms with Gasteiger partial charge in [0, 0.05) is 19.0 Å². The maximum Gasteiger partial charge on any atom is 0.420 e. The van der Waals surface area contributed by atoms with Crippen LogP contribution in [0, 0.1) is 5.82 Å². The minimum atomic E-state index is -0.519. The second-order valence-electron chi connectivity index (χ2n) is 7.01. The number of oxazole rings is 1. The van der Waals surface area contributed by atoms with E-state index in [1.54, 1.807) is 30.3 Å². The van der Waals surface area contributed by atoms with Crippen molar-refractivity contribution in [1.29, 1.82) is 0 Å². The van der Waals surface area contributed by atoms with Gasteiger partial charge in [0.05, 0.1) is 5.52 Å². The van der Waals surface area contributed by atoms with Crippen LogP contribution >= 0.6 is 0 Å². The number of likely N-dealkylation sites (tertiary alicyclic amines) is 1. The Balaban J connectivity index is 1.54. The van der Waals surface area contributed by atoms with Gasteiger partial charge >= 0.3 is 5.76 Å². The Morgan fingerprint density at radius 3 is 2.70 bits per heavy atom. The molecule has 1 aliphatic heterocycles. The molecule has 4 rings (SSSR count). The molecule has 0 saturated carbocycles. The van der Waals surface area contributed by atoms with Crippen molar-refractivity contribution in [3.05, 3.63) is 70.5 Å². The number of nitrogens with zero attached hydrogens (tertiary/aromatic N) is 2. The van der Waals surface area contributed by atoms with E-state index in [0.29, 0.717) is 24.2 Å². The summed E-state index contributed by atoms with van der Waals surface area (Å²) in [5, 5.41) is 0. The largest absolute Gasteiger partial charge is 0.420 e. The molecule has 27 heavy (non-hydrogen) atoms. The molecule has 0 radical (unpaired) electrons. The highest BCUT2D eigenvalue weighted by atomic mass is 19.1. The van der Waals surface area contributed by atoms with E-state index in [0.717, 1.165) is 24.8 Å². The lowest BCUT2D eigenvalue weighted by Gasteiger charge is -2.25. The number of fused-ring (bicyclic) bond motifs is 1. The quantitative estimate of drug-likeness (QED) is 0.711. The Bertz CT molecular complexity index is 1010. The normalized spacial score (nSPS) is 17.8. The zero-order valence-electron chi connectivity index (χ0n) is 14.9. The van der Waals surface area contributed by atoms with Crippen molar-refractivity contribution in [1.82, 2.24) is 9.47 Å². The van der Waals surface area contributed by atoms with Crippen LogP contribution < -0.4 is 5.76 Å². The van der Waals surface area contributed by atoms with E-state index in [1.807, 2.05) is 11.0 Å². The molecule has 1 unspecified atom stereocenters. The van der Waals surface area contributed by atoms with Crippen LogP contribution in [-0.4, -0.2) is 28.5 Å². The van der Waals surface area contributed by atoms with Crippen LogP contribution in [0.4, 0.5) is 4.39 Å². The van der Waals surface area contributed by atoms with E-state index in [4.69, 9.17) is 4.42 Å². The molecule has 0 aliphatic carbocycles. The number of hydrogen-bond donors (Lipinski definition) is 0. The van der Waals surface area contributed by atoms with Gasteiger partial charge in [-0.3, -0.25) is 9.36 Å². The van der Waals surface area contributed by atoms with Crippen molar-refractivity contribution in [2.45, 2.75) is 31.7 Å². The van der Waals surface area contributed by atoms with Gasteiger partial charge in [-0.1, -0.05) is 30.7 Å². The van der Waals surface area contributed by atoms with Crippen molar-refractivity contribution in [2.24, 2.45) is 0 Å². The Kier molecular flexibility index (Phi) is 4.79. The predicted molar refractivity (Wildman–Crippen MR) is 100 cm³/mol. The van der Waals surface area contributed by atoms with Gasteiger partial charge in [-0.05, 0) is 42.7 Å². The second kappa shape index (κ2) is 7.39. The van der Waals surface area contributed by atoms with E-state index in [1.165, 1.54) is 16.7 Å². The highest BCUT2D eigenvalue weighted by molar-refractivity contribution is 5.79. The van der Waals surface area contributed by atoms with Gasteiger partial charge in [-0.25, -0.2) is 9.18 Å². The molecular formula is C21H21FN2O3. The maximum atomic E-state index is 13.2. The molecule has 1 fully saturated rings. The van der Waals surface area contributed by atoms with Crippen LogP contribution in [0.2, 0.25) is 0 Å². The van der Waals surface area contributed by atoms with Gasteiger partial charge < -0.3 is 9.32 Å². The third-order valence-corrected chi connectivity index (χ3v) is 5.23. The van der Waals surface area contributed by atoms with Crippen LogP contribution in [0.5, 0.6) is 0 Å². The minimum absolute atomic E-state index is 0.0357. The van der Waals surface area contributed by atoms with E-state index >= 15 is 0 Å². The molecule has 0 spiro atoms. The van der Waals surface area contributed by atoms with Gasteiger partial charge in [-0.15, -0.1) is 0 Å². The SMILES string of the molecule is O=C(Cn1c(=O)oc2ccccc21)N1CCCCC(c2ccc(F)cc2)C1. The lowest BCUT2D eigenvalue weighted by Crippen LogP contribution is -2.37. The Hall–Kier alpha value is -2.89. The fourth-order valence-corrected chi connectivity index (χ4v) is 3.77. The fourth-order valence-electron chi connectivity index (χ4n) is 3.77. The molecule has 1 amide bonds. The fraction of sp³-hybridized carbons (Fsp3) is 0.333. The van der Waals surface area contributed by atoms with E-state index in [-0.39, 0.29) is 24.2 Å². The number of aromatic nitrogens is 1. The minimum Gasteiger partial charge on any atom is -0.408 e. The number of rotatable bonds is 3. The summed E-state index contributed by atoms with van der Waals surface area (Å²) in [7, 11) is 0. The Morgan fingerprint density at radius 2 is 1.89 bits per heavy atom. The van der Waals surface area contributed by atoms with Crippen molar-refractivity contribution < 1.29 is 13.6 Å². The van der Waals surface area contributed by atoms with Crippen LogP contribution in [0.3, 0.4) is 0 Å². The predicted octanol–water partition coefficient (Wildman–Crippen LogP) is 3.53. The number of carbonyl (C=O) groups is 1. The molecule has 0 bridgehead atoms. The molecule has 6 heteroatoms. The zero-order valence-corrected chi connectivity index (χ0v) is 14.9. The first-order valence-corrected chi connectivity index (χ1v) is 9.23. The van der Waals surface area contributed by atoms with E-state index < -0.39 is 5.76 Å². The molecule has 2 heterocycles. The first kappa shape index (κ1) is 17.5. The molecule has 3 aromatic rings. The first-order valence-electron chi connectivity index (χ1n) is 9.23. The lowest BCUT2D eigenvalue weighted by molar-refractivity contribution is -0.132. The number of hydrogen-bond acceptors (Lipinski definition) is 3. The zero-order chi connectivity index (χ0) is 18.8. The van der Waals surface area contributed by atoms with Gasteiger partial charge in [-0.2, -0.15) is 0 Å². The summed E-state index contributed by atoms with van der Waals surface area (Å²) in [5.74, 6) is -0.700. The van der Waals surface area contributed by atoms with Crippen molar-refractivity contribution in [3.63, 3.8) is 0 Å². The summed E-state index contributed by atoms with van der Waals surface area (Å²) >= 11 is 0. The standard InChI is InChI=1S/C21H21FN2O3/c22-17-10-8-15(9-11-17)16-5-3-4-12-23(13-16)20(25)14-24-18-6-1-2-7-19(18)27-21(24)26/h1-2,6-11,16H,3-5,12-14H2. The number of amides is 1. The summed E-state index contributed by atoms with van der Waals surface area (Å²) in [4.78, 5) is 26.9. The van der Waals surface area contributed by atoms with Gasteiger partial charge in [0.1, 0.15) is 12.4 Å². The Labute approximate surface area is 156 Å². The molecule has 2 aromatic carbocycles. The Morgan fingerprint density at radius 1 is 1.11 bits per heavy atom. The molecular weight excluding hydrogens is 347 g/mol. The number of para-hydroxylation sites is 2. The average Bonchev–Trinajstić information content (AvgIpc) is 2.85. The van der Waals surface area contributed by atoms with Crippen LogP contribution in [-0.2, 0) is 11.3 Å². The lowest BCUT2D eigenvalue weighted by atomic mass is 9.94. The summed E-state index contributed by atoms with van der Waals surface area (Å²) in [6.07, 6.45) is 2.90. The second-order valence-corrected chi connectivity index (χ2v) is 7.01. The van der Waals surface area contributed by atoms with Crippen molar-refractivity contribution >= 4 is 17.0 Å². The number of benzene rings is 2. The molecule has 5 nitrogen and oxygen atoms in total. The molecule has 1 aliphatic rings. The topological polar surface area (TPSA) is 55.5 Å². The number of carbonyl (C=O) groups excluding carboxylic acids is 1. The van der Waals surface area contributed by atoms with Crippen LogP contribution in [0.1, 0.15) is 30.7 Å². The highest BCUT2D eigenvalue weighted by Gasteiger charge is 2.24.